The molecule has 0 saturated heterocycles. The van der Waals surface area contributed by atoms with Gasteiger partial charge in [-0.1, -0.05) is 13.8 Å². The predicted octanol–water partition coefficient (Wildman–Crippen LogP) is 2.71. The molecule has 86 valence electrons. The second kappa shape index (κ2) is 3.52. The summed E-state index contributed by atoms with van der Waals surface area (Å²) in [5, 5.41) is 1.04. The quantitative estimate of drug-likeness (QED) is 0.640. The number of pyridine rings is 1. The van der Waals surface area contributed by atoms with Gasteiger partial charge in [-0.3, -0.25) is 4.40 Å². The molecule has 0 aliphatic heterocycles. The van der Waals surface area contributed by atoms with Gasteiger partial charge in [0.25, 0.3) is 0 Å². The molecule has 0 unspecified atom stereocenters. The molecule has 17 heavy (non-hydrogen) atoms. The number of rotatable bonds is 1. The van der Waals surface area contributed by atoms with Gasteiger partial charge in [0.1, 0.15) is 17.1 Å². The molecule has 3 aromatic rings. The third kappa shape index (κ3) is 1.48. The Balaban J connectivity index is 2.51. The highest BCUT2D eigenvalue weighted by molar-refractivity contribution is 5.77. The summed E-state index contributed by atoms with van der Waals surface area (Å²) in [7, 11) is 0. The van der Waals surface area contributed by atoms with Gasteiger partial charge in [-0.05, 0) is 25.0 Å². The number of fused-ring (bicyclic) bond motifs is 3. The Morgan fingerprint density at radius 3 is 2.71 bits per heavy atom. The van der Waals surface area contributed by atoms with E-state index in [2.05, 4.69) is 33.2 Å². The molecule has 0 aliphatic rings. The van der Waals surface area contributed by atoms with E-state index in [9.17, 15) is 0 Å². The summed E-state index contributed by atoms with van der Waals surface area (Å²) in [4.78, 5) is 13.2. The molecular formula is C13H14N4. The minimum absolute atomic E-state index is 0.422. The maximum absolute atomic E-state index is 4.53. The van der Waals surface area contributed by atoms with Crippen LogP contribution in [0.1, 0.15) is 31.3 Å². The fraction of sp³-hybridized carbons (Fsp3) is 0.308. The third-order valence-electron chi connectivity index (χ3n) is 2.95. The number of aryl methyl sites for hydroxylation is 1. The van der Waals surface area contributed by atoms with Crippen molar-refractivity contribution >= 4 is 16.7 Å². The van der Waals surface area contributed by atoms with Gasteiger partial charge in [0.05, 0.1) is 0 Å². The highest BCUT2D eigenvalue weighted by atomic mass is 15.1. The van der Waals surface area contributed by atoms with Crippen molar-refractivity contribution < 1.29 is 0 Å². The third-order valence-corrected chi connectivity index (χ3v) is 2.95. The summed E-state index contributed by atoms with van der Waals surface area (Å²) in [5.41, 5.74) is 3.07. The van der Waals surface area contributed by atoms with Crippen LogP contribution in [-0.4, -0.2) is 19.4 Å². The maximum Gasteiger partial charge on any atom is 0.149 e. The van der Waals surface area contributed by atoms with Gasteiger partial charge in [0.15, 0.2) is 0 Å². The monoisotopic (exact) mass is 226 g/mol. The van der Waals surface area contributed by atoms with E-state index in [0.29, 0.717) is 5.92 Å². The highest BCUT2D eigenvalue weighted by Gasteiger charge is 2.10. The normalized spacial score (nSPS) is 11.8. The number of hydrogen-bond donors (Lipinski definition) is 0. The van der Waals surface area contributed by atoms with Crippen molar-refractivity contribution in [2.75, 3.05) is 0 Å². The average Bonchev–Trinajstić information content (AvgIpc) is 2.73. The molecule has 0 spiro atoms. The number of nitrogens with zero attached hydrogens (tertiary/aromatic N) is 4. The van der Waals surface area contributed by atoms with Gasteiger partial charge < -0.3 is 0 Å². The first-order valence-corrected chi connectivity index (χ1v) is 5.76. The lowest BCUT2D eigenvalue weighted by Crippen LogP contribution is -2.00. The molecule has 0 fully saturated rings. The van der Waals surface area contributed by atoms with Gasteiger partial charge in [-0.25, -0.2) is 15.0 Å². The Kier molecular flexibility index (Phi) is 2.11. The van der Waals surface area contributed by atoms with E-state index in [1.807, 2.05) is 31.5 Å². The van der Waals surface area contributed by atoms with E-state index in [1.54, 1.807) is 0 Å². The zero-order valence-electron chi connectivity index (χ0n) is 10.2. The van der Waals surface area contributed by atoms with Crippen molar-refractivity contribution in [1.82, 2.24) is 19.4 Å². The zero-order chi connectivity index (χ0) is 12.0. The molecule has 0 aliphatic carbocycles. The maximum atomic E-state index is 4.53. The number of hydrogen-bond acceptors (Lipinski definition) is 3. The summed E-state index contributed by atoms with van der Waals surface area (Å²) in [6.07, 6.45) is 3.79. The van der Waals surface area contributed by atoms with E-state index >= 15 is 0 Å². The molecule has 4 nitrogen and oxygen atoms in total. The van der Waals surface area contributed by atoms with E-state index in [4.69, 9.17) is 0 Å². The van der Waals surface area contributed by atoms with Gasteiger partial charge >= 0.3 is 0 Å². The van der Waals surface area contributed by atoms with Crippen LogP contribution in [0.4, 0.5) is 0 Å². The molecule has 3 rings (SSSR count). The van der Waals surface area contributed by atoms with Gasteiger partial charge in [-0.15, -0.1) is 0 Å². The van der Waals surface area contributed by atoms with Crippen LogP contribution in [0.5, 0.6) is 0 Å². The zero-order valence-corrected chi connectivity index (χ0v) is 10.2. The minimum atomic E-state index is 0.422. The molecule has 0 saturated carbocycles. The molecule has 3 heterocycles. The first-order valence-electron chi connectivity index (χ1n) is 5.76. The van der Waals surface area contributed by atoms with Crippen molar-refractivity contribution in [3.05, 3.63) is 36.0 Å². The van der Waals surface area contributed by atoms with E-state index in [-0.39, 0.29) is 0 Å². The van der Waals surface area contributed by atoms with Crippen molar-refractivity contribution in [2.45, 2.75) is 26.7 Å². The number of aromatic nitrogens is 4. The van der Waals surface area contributed by atoms with E-state index in [0.717, 1.165) is 22.5 Å². The van der Waals surface area contributed by atoms with Gasteiger partial charge in [0, 0.05) is 23.5 Å². The minimum Gasteiger partial charge on any atom is -0.280 e. The van der Waals surface area contributed by atoms with Crippen LogP contribution in [0.25, 0.3) is 16.7 Å². The topological polar surface area (TPSA) is 43.1 Å². The van der Waals surface area contributed by atoms with Crippen LogP contribution >= 0.6 is 0 Å². The second-order valence-electron chi connectivity index (χ2n) is 4.56. The van der Waals surface area contributed by atoms with Crippen LogP contribution in [0.3, 0.4) is 0 Å². The largest absolute Gasteiger partial charge is 0.280 e. The van der Waals surface area contributed by atoms with E-state index in [1.165, 1.54) is 5.69 Å². The molecule has 0 aromatic carbocycles. The van der Waals surface area contributed by atoms with Crippen molar-refractivity contribution in [2.24, 2.45) is 0 Å². The van der Waals surface area contributed by atoms with Crippen LogP contribution in [0.15, 0.2) is 24.5 Å². The second-order valence-corrected chi connectivity index (χ2v) is 4.56. The SMILES string of the molecule is Cc1ncc2ccc3ncc(C(C)C)n3c2n1. The van der Waals surface area contributed by atoms with Crippen molar-refractivity contribution in [3.8, 4) is 0 Å². The molecule has 0 radical (unpaired) electrons. The number of imidazole rings is 1. The van der Waals surface area contributed by atoms with Crippen LogP contribution in [-0.2, 0) is 0 Å². The molecular weight excluding hydrogens is 212 g/mol. The van der Waals surface area contributed by atoms with Gasteiger partial charge in [-0.2, -0.15) is 0 Å². The smallest absolute Gasteiger partial charge is 0.149 e. The standard InChI is InChI=1S/C13H14N4/c1-8(2)11-7-15-12-5-4-10-6-14-9(3)16-13(10)17(11)12/h4-8H,1-3H3. The molecule has 0 amide bonds. The Morgan fingerprint density at radius 1 is 1.12 bits per heavy atom. The summed E-state index contributed by atoms with van der Waals surface area (Å²) in [5.74, 6) is 1.21. The molecule has 0 atom stereocenters. The summed E-state index contributed by atoms with van der Waals surface area (Å²) in [6.45, 7) is 6.23. The first-order chi connectivity index (χ1) is 8.16. The Labute approximate surface area is 99.3 Å². The van der Waals surface area contributed by atoms with Crippen molar-refractivity contribution in [3.63, 3.8) is 0 Å². The molecule has 0 N–H and O–H groups in total. The van der Waals surface area contributed by atoms with Crippen LogP contribution in [0.2, 0.25) is 0 Å². The average molecular weight is 226 g/mol. The van der Waals surface area contributed by atoms with Crippen LogP contribution in [0, 0.1) is 6.92 Å². The highest BCUT2D eigenvalue weighted by Crippen LogP contribution is 2.21. The fourth-order valence-electron chi connectivity index (χ4n) is 2.06. The van der Waals surface area contributed by atoms with Gasteiger partial charge in [0.2, 0.25) is 0 Å². The predicted molar refractivity (Wildman–Crippen MR) is 67.1 cm³/mol. The Hall–Kier alpha value is -1.97. The van der Waals surface area contributed by atoms with E-state index < -0.39 is 0 Å². The Bertz CT molecular complexity index is 697. The summed E-state index contributed by atoms with van der Waals surface area (Å²) >= 11 is 0. The lowest BCUT2D eigenvalue weighted by atomic mass is 10.1. The van der Waals surface area contributed by atoms with Crippen molar-refractivity contribution in [1.29, 1.82) is 0 Å². The Morgan fingerprint density at radius 2 is 1.94 bits per heavy atom. The molecule has 3 aromatic heterocycles. The lowest BCUT2D eigenvalue weighted by Gasteiger charge is -2.07. The van der Waals surface area contributed by atoms with Crippen LogP contribution < -0.4 is 0 Å². The molecule has 0 bridgehead atoms. The lowest BCUT2D eigenvalue weighted by molar-refractivity contribution is 0.813. The summed E-state index contributed by atoms with van der Waals surface area (Å²) < 4.78 is 2.12. The molecule has 4 heteroatoms. The first kappa shape index (κ1) is 10.2. The fourth-order valence-corrected chi connectivity index (χ4v) is 2.06. The summed E-state index contributed by atoms with van der Waals surface area (Å²) in [6, 6.07) is 4.02.